The van der Waals surface area contributed by atoms with Gasteiger partial charge in [-0.2, -0.15) is 18.3 Å². The molecule has 2 aromatic carbocycles. The van der Waals surface area contributed by atoms with E-state index in [0.717, 1.165) is 15.9 Å². The van der Waals surface area contributed by atoms with E-state index in [0.29, 0.717) is 16.4 Å². The Morgan fingerprint density at radius 1 is 1.17 bits per heavy atom. The van der Waals surface area contributed by atoms with Gasteiger partial charge in [-0.15, -0.1) is 0 Å². The van der Waals surface area contributed by atoms with Crippen LogP contribution in [0.2, 0.25) is 5.02 Å². The number of halogens is 4. The zero-order chi connectivity index (χ0) is 21.0. The Labute approximate surface area is 175 Å². The number of amides is 1. The van der Waals surface area contributed by atoms with Crippen molar-refractivity contribution in [2.24, 2.45) is 0 Å². The standard InChI is InChI=1S/C20H17ClF3N3OS/c1-13-12-18(20(22,23)24)26-27(13)11-10-19(28)25-16-4-2-3-5-17(16)29-15-8-6-14(21)7-9-15/h2-9,12H,10-11H2,1H3,(H,25,28). The Kier molecular flexibility index (Phi) is 6.54. The first kappa shape index (κ1) is 21.3. The van der Waals surface area contributed by atoms with Gasteiger partial charge >= 0.3 is 6.18 Å². The molecule has 0 aliphatic heterocycles. The lowest BCUT2D eigenvalue weighted by atomic mass is 10.3. The summed E-state index contributed by atoms with van der Waals surface area (Å²) in [6, 6.07) is 15.6. The van der Waals surface area contributed by atoms with Crippen molar-refractivity contribution in [2.75, 3.05) is 5.32 Å². The number of anilines is 1. The number of nitrogens with zero attached hydrogens (tertiary/aromatic N) is 2. The lowest BCUT2D eigenvalue weighted by Gasteiger charge is -2.11. The Hall–Kier alpha value is -2.45. The van der Waals surface area contributed by atoms with Gasteiger partial charge in [-0.25, -0.2) is 0 Å². The number of hydrogen-bond acceptors (Lipinski definition) is 3. The van der Waals surface area contributed by atoms with Crippen molar-refractivity contribution >= 4 is 35.0 Å². The molecular formula is C20H17ClF3N3OS. The third kappa shape index (κ3) is 5.77. The summed E-state index contributed by atoms with van der Waals surface area (Å²) in [5, 5.41) is 6.99. The molecule has 0 spiro atoms. The van der Waals surface area contributed by atoms with Crippen LogP contribution < -0.4 is 5.32 Å². The minimum Gasteiger partial charge on any atom is -0.325 e. The summed E-state index contributed by atoms with van der Waals surface area (Å²) in [6.07, 6.45) is -4.50. The molecule has 0 aliphatic rings. The normalized spacial score (nSPS) is 11.5. The highest BCUT2D eigenvalue weighted by Gasteiger charge is 2.34. The Bertz CT molecular complexity index is 1000. The summed E-state index contributed by atoms with van der Waals surface area (Å²) in [6.45, 7) is 1.58. The summed E-state index contributed by atoms with van der Waals surface area (Å²) in [7, 11) is 0. The van der Waals surface area contributed by atoms with Gasteiger partial charge in [-0.05, 0) is 49.4 Å². The second-order valence-electron chi connectivity index (χ2n) is 6.24. The number of carbonyl (C=O) groups is 1. The maximum Gasteiger partial charge on any atom is 0.435 e. The van der Waals surface area contributed by atoms with Crippen molar-refractivity contribution in [2.45, 2.75) is 35.9 Å². The van der Waals surface area contributed by atoms with E-state index < -0.39 is 11.9 Å². The molecule has 3 rings (SSSR count). The average molecular weight is 440 g/mol. The van der Waals surface area contributed by atoms with Crippen LogP contribution in [0.1, 0.15) is 17.8 Å². The van der Waals surface area contributed by atoms with Gasteiger partial charge in [0.05, 0.1) is 5.69 Å². The van der Waals surface area contributed by atoms with Crippen LogP contribution in [0.5, 0.6) is 0 Å². The number of benzene rings is 2. The van der Waals surface area contributed by atoms with E-state index in [1.807, 2.05) is 24.3 Å². The molecule has 0 saturated carbocycles. The smallest absolute Gasteiger partial charge is 0.325 e. The molecule has 1 heterocycles. The highest BCUT2D eigenvalue weighted by atomic mass is 35.5. The summed E-state index contributed by atoms with van der Waals surface area (Å²) in [5.41, 5.74) is 0.0227. The molecule has 0 fully saturated rings. The van der Waals surface area contributed by atoms with Gasteiger partial charge in [-0.1, -0.05) is 35.5 Å². The monoisotopic (exact) mass is 439 g/mol. The molecule has 152 valence electrons. The van der Waals surface area contributed by atoms with Gasteiger partial charge in [0.15, 0.2) is 5.69 Å². The van der Waals surface area contributed by atoms with Crippen molar-refractivity contribution in [3.05, 3.63) is 71.0 Å². The van der Waals surface area contributed by atoms with Gasteiger partial charge < -0.3 is 5.32 Å². The van der Waals surface area contributed by atoms with Crippen LogP contribution in [0.4, 0.5) is 18.9 Å². The number of para-hydroxylation sites is 1. The third-order valence-electron chi connectivity index (χ3n) is 4.02. The fourth-order valence-electron chi connectivity index (χ4n) is 2.58. The maximum atomic E-state index is 12.7. The van der Waals surface area contributed by atoms with Crippen LogP contribution in [0.3, 0.4) is 0 Å². The van der Waals surface area contributed by atoms with E-state index in [-0.39, 0.29) is 18.9 Å². The number of alkyl halides is 3. The molecule has 3 aromatic rings. The molecule has 0 saturated heterocycles. The molecule has 0 radical (unpaired) electrons. The number of carbonyl (C=O) groups excluding carboxylic acids is 1. The Morgan fingerprint density at radius 3 is 2.52 bits per heavy atom. The zero-order valence-corrected chi connectivity index (χ0v) is 16.9. The molecule has 0 aliphatic carbocycles. The Morgan fingerprint density at radius 2 is 1.86 bits per heavy atom. The number of aryl methyl sites for hydroxylation is 2. The summed E-state index contributed by atoms with van der Waals surface area (Å²) >= 11 is 7.37. The molecule has 0 atom stereocenters. The molecule has 1 aromatic heterocycles. The number of hydrogen-bond donors (Lipinski definition) is 1. The average Bonchev–Trinajstić information content (AvgIpc) is 3.05. The zero-order valence-electron chi connectivity index (χ0n) is 15.3. The van der Waals surface area contributed by atoms with Gasteiger partial charge in [0.2, 0.25) is 5.91 Å². The number of aromatic nitrogens is 2. The second-order valence-corrected chi connectivity index (χ2v) is 7.79. The lowest BCUT2D eigenvalue weighted by molar-refractivity contribution is -0.141. The largest absolute Gasteiger partial charge is 0.435 e. The van der Waals surface area contributed by atoms with Crippen molar-refractivity contribution in [3.63, 3.8) is 0 Å². The molecule has 0 unspecified atom stereocenters. The van der Waals surface area contributed by atoms with Crippen LogP contribution in [-0.2, 0) is 17.5 Å². The first-order valence-corrected chi connectivity index (χ1v) is 9.86. The van der Waals surface area contributed by atoms with Crippen LogP contribution in [0.15, 0.2) is 64.4 Å². The minimum absolute atomic E-state index is 0.000235. The number of nitrogens with one attached hydrogen (secondary N) is 1. The van der Waals surface area contributed by atoms with Gasteiger partial charge in [0.25, 0.3) is 0 Å². The molecule has 1 amide bonds. The fraction of sp³-hybridized carbons (Fsp3) is 0.200. The summed E-state index contributed by atoms with van der Waals surface area (Å²) in [5.74, 6) is -0.308. The van der Waals surface area contributed by atoms with E-state index in [9.17, 15) is 18.0 Å². The van der Waals surface area contributed by atoms with E-state index in [4.69, 9.17) is 11.6 Å². The van der Waals surface area contributed by atoms with Crippen molar-refractivity contribution in [1.29, 1.82) is 0 Å². The van der Waals surface area contributed by atoms with Crippen molar-refractivity contribution < 1.29 is 18.0 Å². The number of rotatable bonds is 6. The van der Waals surface area contributed by atoms with Gasteiger partial charge in [-0.3, -0.25) is 9.48 Å². The van der Waals surface area contributed by atoms with Crippen molar-refractivity contribution in [3.8, 4) is 0 Å². The first-order valence-electron chi connectivity index (χ1n) is 8.66. The first-order chi connectivity index (χ1) is 13.7. The van der Waals surface area contributed by atoms with Crippen LogP contribution in [0, 0.1) is 6.92 Å². The van der Waals surface area contributed by atoms with E-state index in [1.165, 1.54) is 23.4 Å². The molecule has 9 heteroatoms. The molecule has 4 nitrogen and oxygen atoms in total. The van der Waals surface area contributed by atoms with E-state index in [1.54, 1.807) is 24.3 Å². The maximum absolute atomic E-state index is 12.7. The van der Waals surface area contributed by atoms with E-state index in [2.05, 4.69) is 10.4 Å². The molecular weight excluding hydrogens is 423 g/mol. The summed E-state index contributed by atoms with van der Waals surface area (Å²) < 4.78 is 39.4. The Balaban J connectivity index is 1.64. The van der Waals surface area contributed by atoms with Gasteiger partial charge in [0.1, 0.15) is 0 Å². The predicted molar refractivity (Wildman–Crippen MR) is 107 cm³/mol. The van der Waals surface area contributed by atoms with Crippen LogP contribution in [0.25, 0.3) is 0 Å². The minimum atomic E-state index is -4.50. The lowest BCUT2D eigenvalue weighted by Crippen LogP contribution is -2.16. The molecule has 1 N–H and O–H groups in total. The summed E-state index contributed by atoms with van der Waals surface area (Å²) in [4.78, 5) is 14.2. The third-order valence-corrected chi connectivity index (χ3v) is 5.36. The predicted octanol–water partition coefficient (Wildman–Crippen LogP) is 6.04. The topological polar surface area (TPSA) is 46.9 Å². The van der Waals surface area contributed by atoms with E-state index >= 15 is 0 Å². The quantitative estimate of drug-likeness (QED) is 0.509. The highest BCUT2D eigenvalue weighted by Crippen LogP contribution is 2.34. The SMILES string of the molecule is Cc1cc(C(F)(F)F)nn1CCC(=O)Nc1ccccc1Sc1ccc(Cl)cc1. The van der Waals surface area contributed by atoms with Crippen LogP contribution >= 0.6 is 23.4 Å². The van der Waals surface area contributed by atoms with Crippen LogP contribution in [-0.4, -0.2) is 15.7 Å². The van der Waals surface area contributed by atoms with Gasteiger partial charge in [0, 0.05) is 33.5 Å². The molecule has 29 heavy (non-hydrogen) atoms. The highest BCUT2D eigenvalue weighted by molar-refractivity contribution is 7.99. The fourth-order valence-corrected chi connectivity index (χ4v) is 3.61. The second kappa shape index (κ2) is 8.92. The molecule has 0 bridgehead atoms. The van der Waals surface area contributed by atoms with Crippen molar-refractivity contribution in [1.82, 2.24) is 9.78 Å².